The average Bonchev–Trinajstić information content (AvgIpc) is 3.37. The van der Waals surface area contributed by atoms with Gasteiger partial charge in [0.1, 0.15) is 17.1 Å². The van der Waals surface area contributed by atoms with Crippen LogP contribution in [-0.2, 0) is 16.1 Å². The zero-order chi connectivity index (χ0) is 22.6. The molecule has 32 heavy (non-hydrogen) atoms. The second-order valence-electron chi connectivity index (χ2n) is 10.1. The van der Waals surface area contributed by atoms with Crippen molar-refractivity contribution >= 4 is 29.3 Å². The first-order valence-corrected chi connectivity index (χ1v) is 12.0. The molecule has 2 saturated carbocycles. The molecule has 6 nitrogen and oxygen atoms in total. The van der Waals surface area contributed by atoms with Crippen LogP contribution in [0.3, 0.4) is 0 Å². The number of hydrogen-bond acceptors (Lipinski definition) is 5. The lowest BCUT2D eigenvalue weighted by Gasteiger charge is -2.38. The van der Waals surface area contributed by atoms with Gasteiger partial charge < -0.3 is 18.9 Å². The number of aromatic nitrogens is 1. The van der Waals surface area contributed by atoms with Crippen molar-refractivity contribution in [3.8, 4) is 11.3 Å². The van der Waals surface area contributed by atoms with E-state index in [0.717, 1.165) is 37.1 Å². The van der Waals surface area contributed by atoms with Crippen LogP contribution in [0.5, 0.6) is 0 Å². The van der Waals surface area contributed by atoms with Crippen molar-refractivity contribution < 1.29 is 18.8 Å². The van der Waals surface area contributed by atoms with E-state index in [2.05, 4.69) is 5.16 Å². The summed E-state index contributed by atoms with van der Waals surface area (Å²) in [5.74, 6) is 2.07. The van der Waals surface area contributed by atoms with E-state index in [9.17, 15) is 4.79 Å². The zero-order valence-electron chi connectivity index (χ0n) is 18.6. The number of halogens is 2. The summed E-state index contributed by atoms with van der Waals surface area (Å²) in [6.45, 7) is 7.47. The monoisotopic (exact) mass is 478 g/mol. The first-order valence-electron chi connectivity index (χ1n) is 11.2. The van der Waals surface area contributed by atoms with E-state index in [1.165, 1.54) is 0 Å². The first kappa shape index (κ1) is 22.1. The number of likely N-dealkylation sites (tertiary alicyclic amines) is 1. The van der Waals surface area contributed by atoms with Crippen molar-refractivity contribution in [3.63, 3.8) is 0 Å². The standard InChI is InChI=1S/C24H28Cl2N2O4/c1-24(2,3)31-23(29)28-10-14-9-19(15(14)11-28)30-12-16-21(27-32-22(16)13-7-8-13)20-17(25)5-4-6-18(20)26/h4-6,13-15,19H,7-12H2,1-3H3/t14-,15+,19-/m0/s1. The van der Waals surface area contributed by atoms with Crippen molar-refractivity contribution in [1.29, 1.82) is 0 Å². The number of hydrogen-bond donors (Lipinski definition) is 0. The van der Waals surface area contributed by atoms with Gasteiger partial charge in [-0.1, -0.05) is 34.4 Å². The largest absolute Gasteiger partial charge is 0.444 e. The van der Waals surface area contributed by atoms with Crippen LogP contribution in [0.1, 0.15) is 57.3 Å². The number of amides is 1. The van der Waals surface area contributed by atoms with E-state index in [1.807, 2.05) is 31.7 Å². The summed E-state index contributed by atoms with van der Waals surface area (Å²) in [5, 5.41) is 5.42. The van der Waals surface area contributed by atoms with Crippen LogP contribution >= 0.6 is 23.2 Å². The van der Waals surface area contributed by atoms with Crippen LogP contribution in [0.4, 0.5) is 4.79 Å². The van der Waals surface area contributed by atoms with Crippen molar-refractivity contribution in [2.45, 2.75) is 64.3 Å². The van der Waals surface area contributed by atoms with Crippen LogP contribution in [0.15, 0.2) is 22.7 Å². The van der Waals surface area contributed by atoms with Gasteiger partial charge in [-0.15, -0.1) is 0 Å². The summed E-state index contributed by atoms with van der Waals surface area (Å²) in [5.41, 5.74) is 1.81. The molecule has 3 atom stereocenters. The maximum absolute atomic E-state index is 12.4. The SMILES string of the molecule is CC(C)(C)OC(=O)N1C[C@@H]2C[C@H](OCc3c(-c4c(Cl)cccc4Cl)noc3C3CC3)[C@@H]2C1. The molecule has 0 N–H and O–H groups in total. The molecule has 3 fully saturated rings. The quantitative estimate of drug-likeness (QED) is 0.504. The van der Waals surface area contributed by atoms with Gasteiger partial charge in [0.15, 0.2) is 0 Å². The smallest absolute Gasteiger partial charge is 0.410 e. The van der Waals surface area contributed by atoms with Crippen LogP contribution in [-0.4, -0.2) is 40.9 Å². The minimum Gasteiger partial charge on any atom is -0.444 e. The van der Waals surface area contributed by atoms with E-state index in [-0.39, 0.29) is 12.2 Å². The van der Waals surface area contributed by atoms with Crippen LogP contribution in [0.25, 0.3) is 11.3 Å². The topological polar surface area (TPSA) is 64.8 Å². The summed E-state index contributed by atoms with van der Waals surface area (Å²) in [6.07, 6.45) is 2.99. The van der Waals surface area contributed by atoms with E-state index in [4.69, 9.17) is 37.2 Å². The van der Waals surface area contributed by atoms with Crippen LogP contribution in [0, 0.1) is 11.8 Å². The third-order valence-corrected chi connectivity index (χ3v) is 7.19. The van der Waals surface area contributed by atoms with Gasteiger partial charge in [0.05, 0.1) is 22.8 Å². The molecule has 172 valence electrons. The molecular weight excluding hydrogens is 451 g/mol. The van der Waals surface area contributed by atoms with Gasteiger partial charge in [-0.25, -0.2) is 4.79 Å². The van der Waals surface area contributed by atoms with Crippen LogP contribution < -0.4 is 0 Å². The third-order valence-electron chi connectivity index (χ3n) is 6.56. The van der Waals surface area contributed by atoms with Gasteiger partial charge in [0, 0.05) is 36.1 Å². The van der Waals surface area contributed by atoms with E-state index in [1.54, 1.807) is 12.1 Å². The Labute approximate surface area is 198 Å². The molecule has 1 aromatic carbocycles. The molecule has 1 saturated heterocycles. The fraction of sp³-hybridized carbons (Fsp3) is 0.583. The van der Waals surface area contributed by atoms with Gasteiger partial charge in [-0.2, -0.15) is 0 Å². The highest BCUT2D eigenvalue weighted by Crippen LogP contribution is 2.48. The number of carbonyl (C=O) groups is 1. The maximum Gasteiger partial charge on any atom is 0.410 e. The van der Waals surface area contributed by atoms with Crippen molar-refractivity contribution in [2.75, 3.05) is 13.1 Å². The molecule has 0 spiro atoms. The summed E-state index contributed by atoms with van der Waals surface area (Å²) < 4.78 is 17.6. The molecule has 2 aliphatic carbocycles. The summed E-state index contributed by atoms with van der Waals surface area (Å²) in [7, 11) is 0. The van der Waals surface area contributed by atoms with Gasteiger partial charge in [-0.05, 0) is 58.1 Å². The lowest BCUT2D eigenvalue weighted by Crippen LogP contribution is -2.42. The van der Waals surface area contributed by atoms with Gasteiger partial charge in [0.2, 0.25) is 0 Å². The Morgan fingerprint density at radius 1 is 1.22 bits per heavy atom. The summed E-state index contributed by atoms with van der Waals surface area (Å²) in [6, 6.07) is 5.43. The minimum absolute atomic E-state index is 0.101. The molecule has 1 aromatic heterocycles. The Morgan fingerprint density at radius 3 is 2.59 bits per heavy atom. The Hall–Kier alpha value is -1.76. The summed E-state index contributed by atoms with van der Waals surface area (Å²) in [4.78, 5) is 14.3. The number of benzene rings is 1. The fourth-order valence-electron chi connectivity index (χ4n) is 4.75. The first-order chi connectivity index (χ1) is 15.2. The highest BCUT2D eigenvalue weighted by molar-refractivity contribution is 6.39. The maximum atomic E-state index is 12.4. The van der Waals surface area contributed by atoms with Gasteiger partial charge in [0.25, 0.3) is 0 Å². The molecule has 5 rings (SSSR count). The van der Waals surface area contributed by atoms with E-state index < -0.39 is 5.60 Å². The number of fused-ring (bicyclic) bond motifs is 1. The fourth-order valence-corrected chi connectivity index (χ4v) is 5.33. The van der Waals surface area contributed by atoms with Gasteiger partial charge >= 0.3 is 6.09 Å². The lowest BCUT2D eigenvalue weighted by atomic mass is 9.73. The Kier molecular flexibility index (Phi) is 5.67. The van der Waals surface area contributed by atoms with E-state index in [0.29, 0.717) is 52.2 Å². The number of nitrogens with zero attached hydrogens (tertiary/aromatic N) is 2. The number of rotatable bonds is 5. The molecule has 1 amide bonds. The van der Waals surface area contributed by atoms with Gasteiger partial charge in [-0.3, -0.25) is 0 Å². The summed E-state index contributed by atoms with van der Waals surface area (Å²) >= 11 is 12.9. The molecule has 2 heterocycles. The molecule has 0 bridgehead atoms. The molecule has 0 radical (unpaired) electrons. The predicted octanol–water partition coefficient (Wildman–Crippen LogP) is 6.30. The second-order valence-corrected chi connectivity index (χ2v) is 11.0. The molecule has 8 heteroatoms. The second kappa shape index (κ2) is 8.23. The minimum atomic E-state index is -0.488. The zero-order valence-corrected chi connectivity index (χ0v) is 20.1. The van der Waals surface area contributed by atoms with E-state index >= 15 is 0 Å². The highest BCUT2D eigenvalue weighted by atomic mass is 35.5. The molecule has 2 aromatic rings. The average molecular weight is 479 g/mol. The Morgan fingerprint density at radius 2 is 1.94 bits per heavy atom. The van der Waals surface area contributed by atoms with Crippen molar-refractivity contribution in [1.82, 2.24) is 10.1 Å². The Balaban J connectivity index is 1.28. The van der Waals surface area contributed by atoms with Crippen molar-refractivity contribution in [3.05, 3.63) is 39.6 Å². The highest BCUT2D eigenvalue weighted by Gasteiger charge is 2.50. The predicted molar refractivity (Wildman–Crippen MR) is 122 cm³/mol. The Bertz CT molecular complexity index is 1010. The molecule has 0 unspecified atom stereocenters. The molecule has 1 aliphatic heterocycles. The number of carbonyl (C=O) groups excluding carboxylic acids is 1. The third kappa shape index (κ3) is 4.25. The van der Waals surface area contributed by atoms with Crippen molar-refractivity contribution in [2.24, 2.45) is 11.8 Å². The van der Waals surface area contributed by atoms with Crippen LogP contribution in [0.2, 0.25) is 10.0 Å². The normalized spacial score (nSPS) is 24.9. The number of ether oxygens (including phenoxy) is 2. The lowest BCUT2D eigenvalue weighted by molar-refractivity contribution is -0.0750. The molecule has 3 aliphatic rings. The molecular formula is C24H28Cl2N2O4.